The number of benzene rings is 2. The number of carbonyl (C=O) groups excluding carboxylic acids is 2. The number of pyridine rings is 1. The van der Waals surface area contributed by atoms with Gasteiger partial charge in [0.1, 0.15) is 11.0 Å². The van der Waals surface area contributed by atoms with Crippen LogP contribution in [0.4, 0.5) is 11.4 Å². The Morgan fingerprint density at radius 1 is 1.10 bits per heavy atom. The second-order valence-electron chi connectivity index (χ2n) is 8.90. The van der Waals surface area contributed by atoms with Crippen LogP contribution in [0.5, 0.6) is 11.5 Å². The summed E-state index contributed by atoms with van der Waals surface area (Å²) in [7, 11) is -4.03. The molecule has 0 saturated heterocycles. The zero-order valence-electron chi connectivity index (χ0n) is 21.2. The van der Waals surface area contributed by atoms with Gasteiger partial charge in [0.05, 0.1) is 37.4 Å². The molecule has 0 spiro atoms. The number of carbonyl (C=O) groups is 2. The van der Waals surface area contributed by atoms with Gasteiger partial charge < -0.3 is 20.5 Å². The number of aromatic hydroxyl groups is 1. The minimum Gasteiger partial charge on any atom is -0.506 e. The van der Waals surface area contributed by atoms with E-state index in [-0.39, 0.29) is 44.2 Å². The van der Waals surface area contributed by atoms with Crippen molar-refractivity contribution in [1.29, 1.82) is 0 Å². The molecule has 2 amide bonds. The molecular formula is C26H26BrCl2N3O6S. The second-order valence-corrected chi connectivity index (χ2v) is 12.7. The third-order valence-electron chi connectivity index (χ3n) is 5.41. The molecule has 1 heterocycles. The van der Waals surface area contributed by atoms with Crippen LogP contribution in [-0.4, -0.2) is 42.2 Å². The number of hydrogen-bond acceptors (Lipinski definition) is 7. The Balaban J connectivity index is 1.78. The van der Waals surface area contributed by atoms with Crippen LogP contribution in [0.3, 0.4) is 0 Å². The van der Waals surface area contributed by atoms with Crippen LogP contribution in [0.25, 0.3) is 0 Å². The average Bonchev–Trinajstić information content (AvgIpc) is 2.87. The van der Waals surface area contributed by atoms with Gasteiger partial charge in [-0.15, -0.1) is 0 Å². The summed E-state index contributed by atoms with van der Waals surface area (Å²) >= 11 is 16.0. The van der Waals surface area contributed by atoms with Gasteiger partial charge in [0.2, 0.25) is 5.91 Å². The van der Waals surface area contributed by atoms with Crippen molar-refractivity contribution in [2.45, 2.75) is 37.3 Å². The molecule has 3 aromatic rings. The van der Waals surface area contributed by atoms with E-state index in [9.17, 15) is 23.1 Å². The fraction of sp³-hybridized carbons (Fsp3) is 0.269. The number of nitrogens with one attached hydrogen (secondary N) is 2. The number of phenols is 1. The number of phenolic OH excluding ortho intramolecular Hbond substituents is 1. The lowest BCUT2D eigenvalue weighted by atomic mass is 10.2. The molecule has 39 heavy (non-hydrogen) atoms. The molecule has 13 heteroatoms. The van der Waals surface area contributed by atoms with Crippen LogP contribution in [0.1, 0.15) is 37.6 Å². The van der Waals surface area contributed by atoms with E-state index in [1.807, 2.05) is 13.8 Å². The molecule has 1 aromatic heterocycles. The van der Waals surface area contributed by atoms with E-state index in [0.29, 0.717) is 16.8 Å². The first-order chi connectivity index (χ1) is 18.3. The zero-order chi connectivity index (χ0) is 28.9. The van der Waals surface area contributed by atoms with Crippen LogP contribution < -0.4 is 15.4 Å². The van der Waals surface area contributed by atoms with Gasteiger partial charge in [-0.05, 0) is 58.6 Å². The molecule has 1 atom stereocenters. The molecule has 9 nitrogen and oxygen atoms in total. The Labute approximate surface area is 244 Å². The molecule has 1 unspecified atom stereocenters. The summed E-state index contributed by atoms with van der Waals surface area (Å²) in [5.41, 5.74) is 0.114. The van der Waals surface area contributed by atoms with E-state index in [1.54, 1.807) is 6.92 Å². The summed E-state index contributed by atoms with van der Waals surface area (Å²) in [6, 6.07) is 8.12. The minimum absolute atomic E-state index is 0.0137. The molecule has 0 fully saturated rings. The van der Waals surface area contributed by atoms with Crippen molar-refractivity contribution in [3.05, 3.63) is 68.9 Å². The summed E-state index contributed by atoms with van der Waals surface area (Å²) in [4.78, 5) is 29.5. The van der Waals surface area contributed by atoms with Crippen molar-refractivity contribution >= 4 is 72.2 Å². The Bertz CT molecular complexity index is 1460. The highest BCUT2D eigenvalue weighted by Crippen LogP contribution is 2.37. The zero-order valence-corrected chi connectivity index (χ0v) is 25.1. The number of halogens is 3. The van der Waals surface area contributed by atoms with Crippen molar-refractivity contribution in [3.63, 3.8) is 0 Å². The molecule has 0 aliphatic rings. The summed E-state index contributed by atoms with van der Waals surface area (Å²) in [5.74, 6) is -1.16. The van der Waals surface area contributed by atoms with Gasteiger partial charge >= 0.3 is 0 Å². The van der Waals surface area contributed by atoms with E-state index >= 15 is 0 Å². The maximum absolute atomic E-state index is 12.9. The molecule has 0 radical (unpaired) electrons. The number of anilines is 2. The molecule has 0 bridgehead atoms. The summed E-state index contributed by atoms with van der Waals surface area (Å²) in [6.45, 7) is 5.98. The number of ether oxygens (including phenoxy) is 1. The smallest absolute Gasteiger partial charge is 0.255 e. The molecule has 2 aromatic carbocycles. The van der Waals surface area contributed by atoms with Crippen LogP contribution in [0, 0.1) is 5.92 Å². The molecule has 0 aliphatic heterocycles. The molecule has 208 valence electrons. The van der Waals surface area contributed by atoms with Gasteiger partial charge in [0.25, 0.3) is 5.91 Å². The molecule has 0 aliphatic carbocycles. The molecule has 0 saturated carbocycles. The first kappa shape index (κ1) is 30.7. The van der Waals surface area contributed by atoms with Crippen molar-refractivity contribution < 1.29 is 27.9 Å². The highest BCUT2D eigenvalue weighted by molar-refractivity contribution is 9.10. The highest BCUT2D eigenvalue weighted by atomic mass is 79.9. The van der Waals surface area contributed by atoms with E-state index in [2.05, 4.69) is 31.5 Å². The quantitative estimate of drug-likeness (QED) is 0.217. The third kappa shape index (κ3) is 7.42. The van der Waals surface area contributed by atoms with E-state index in [4.69, 9.17) is 27.9 Å². The highest BCUT2D eigenvalue weighted by Gasteiger charge is 2.33. The van der Waals surface area contributed by atoms with Gasteiger partial charge in [0, 0.05) is 24.0 Å². The van der Waals surface area contributed by atoms with E-state index < -0.39 is 32.7 Å². The third-order valence-corrected chi connectivity index (χ3v) is 8.79. The van der Waals surface area contributed by atoms with Crippen molar-refractivity contribution in [3.8, 4) is 11.5 Å². The SMILES string of the molecule is CCC(C(=O)Nc1cc(O)c(NC(=O)c2cc(Cl)c(OCC(C)C)c(Br)c2)cc1Cl)S(=O)(=O)c1cccnc1. The van der Waals surface area contributed by atoms with Gasteiger partial charge in [-0.3, -0.25) is 14.6 Å². The monoisotopic (exact) mass is 657 g/mol. The number of aromatic nitrogens is 1. The maximum Gasteiger partial charge on any atom is 0.255 e. The lowest BCUT2D eigenvalue weighted by Gasteiger charge is -2.17. The Kier molecular flexibility index (Phi) is 10.2. The topological polar surface area (TPSA) is 135 Å². The van der Waals surface area contributed by atoms with Crippen molar-refractivity contribution in [2.75, 3.05) is 17.2 Å². The molecule has 3 rings (SSSR count). The van der Waals surface area contributed by atoms with Crippen LogP contribution in [0.2, 0.25) is 10.0 Å². The Morgan fingerprint density at radius 2 is 1.82 bits per heavy atom. The maximum atomic E-state index is 12.9. The number of hydrogen-bond donors (Lipinski definition) is 3. The predicted octanol–water partition coefficient (Wildman–Crippen LogP) is 6.33. The van der Waals surface area contributed by atoms with Gasteiger partial charge in [-0.25, -0.2) is 8.42 Å². The normalized spacial score (nSPS) is 12.2. The fourth-order valence-electron chi connectivity index (χ4n) is 3.47. The minimum atomic E-state index is -4.03. The largest absolute Gasteiger partial charge is 0.506 e. The lowest BCUT2D eigenvalue weighted by Crippen LogP contribution is -2.34. The number of amides is 2. The van der Waals surface area contributed by atoms with E-state index in [1.165, 1.54) is 42.7 Å². The molecule has 3 N–H and O–H groups in total. The molecular weight excluding hydrogens is 633 g/mol. The van der Waals surface area contributed by atoms with E-state index in [0.717, 1.165) is 6.07 Å². The Morgan fingerprint density at radius 3 is 2.41 bits per heavy atom. The van der Waals surface area contributed by atoms with Crippen molar-refractivity contribution in [2.24, 2.45) is 5.92 Å². The first-order valence-electron chi connectivity index (χ1n) is 11.8. The van der Waals surface area contributed by atoms with Crippen molar-refractivity contribution in [1.82, 2.24) is 4.98 Å². The number of nitrogens with zero attached hydrogens (tertiary/aromatic N) is 1. The summed E-state index contributed by atoms with van der Waals surface area (Å²) in [6.07, 6.45) is 2.58. The summed E-state index contributed by atoms with van der Waals surface area (Å²) < 4.78 is 32.1. The second kappa shape index (κ2) is 13.0. The fourth-order valence-corrected chi connectivity index (χ4v) is 6.23. The van der Waals surface area contributed by atoms with Crippen LogP contribution in [-0.2, 0) is 14.6 Å². The number of rotatable bonds is 10. The van der Waals surface area contributed by atoms with Gasteiger partial charge in [-0.2, -0.15) is 0 Å². The Hall–Kier alpha value is -2.86. The van der Waals surface area contributed by atoms with Crippen LogP contribution in [0.15, 0.2) is 58.2 Å². The first-order valence-corrected chi connectivity index (χ1v) is 14.8. The average molecular weight is 659 g/mol. The lowest BCUT2D eigenvalue weighted by molar-refractivity contribution is -0.115. The summed E-state index contributed by atoms with van der Waals surface area (Å²) in [5, 5.41) is 14.3. The van der Waals surface area contributed by atoms with Gasteiger partial charge in [0.15, 0.2) is 15.6 Å². The van der Waals surface area contributed by atoms with Crippen LogP contribution >= 0.6 is 39.1 Å². The number of sulfone groups is 1. The standard InChI is InChI=1S/C26H26BrCl2N3O6S/c1-4-23(39(36,37)16-6-5-7-30-12-16)26(35)31-20-11-22(33)21(10-18(20)28)32-25(34)15-8-17(27)24(19(29)9-15)38-13-14(2)3/h5-12,14,23,33H,4,13H2,1-3H3,(H,31,35)(H,32,34). The van der Waals surface area contributed by atoms with Gasteiger partial charge in [-0.1, -0.05) is 44.0 Å². The predicted molar refractivity (Wildman–Crippen MR) is 155 cm³/mol.